The maximum absolute atomic E-state index is 14.0. The van der Waals surface area contributed by atoms with Gasteiger partial charge >= 0.3 is 7.12 Å². The fourth-order valence-electron chi connectivity index (χ4n) is 10.7. The number of rotatable bonds is 29. The van der Waals surface area contributed by atoms with Crippen LogP contribution < -0.4 is 27.4 Å². The molecule has 3 amide bonds. The standard InChI is InChI=1S/C53H80BN5O8/c1-8-9-14-37-17-19-38(20-18-37)39-21-23-40(24-22-39)50(64)57-28-13-11-16-43(59-51(65)41(25-27-56)31-36(4)60)45(61)29-34(2)49(63)58-44(15-10-12-26-55)46(62)30-35(3)54-66-48-33-42-32-47(52(42,5)6)53(48,7)67-54/h17-24,34-35,41-44,47-48H,8-16,25-33,55-56H2,1-7H3,(H,57,64)(H,58,63)(H,59,65)/t34-,35-,41-,42+,43+,44+,47+,48?,53+/m1/s1. The highest BCUT2D eigenvalue weighted by Crippen LogP contribution is 2.66. The van der Waals surface area contributed by atoms with Crippen molar-refractivity contribution in [3.8, 4) is 11.1 Å². The molecule has 67 heavy (non-hydrogen) atoms. The second-order valence-electron chi connectivity index (χ2n) is 20.8. The van der Waals surface area contributed by atoms with Crippen LogP contribution in [0, 0.1) is 29.1 Å². The van der Waals surface area contributed by atoms with E-state index >= 15 is 0 Å². The van der Waals surface area contributed by atoms with Crippen molar-refractivity contribution in [2.45, 2.75) is 174 Å². The summed E-state index contributed by atoms with van der Waals surface area (Å²) in [5, 5.41) is 8.79. The Kier molecular flexibility index (Phi) is 19.9. The van der Waals surface area contributed by atoms with Crippen molar-refractivity contribution in [1.29, 1.82) is 0 Å². The number of ketones is 3. The summed E-state index contributed by atoms with van der Waals surface area (Å²) >= 11 is 0. The predicted molar refractivity (Wildman–Crippen MR) is 264 cm³/mol. The zero-order valence-electron chi connectivity index (χ0n) is 41.5. The van der Waals surface area contributed by atoms with Gasteiger partial charge in [0.2, 0.25) is 11.8 Å². The lowest BCUT2D eigenvalue weighted by atomic mass is 9.43. The molecule has 6 rings (SSSR count). The predicted octanol–water partition coefficient (Wildman–Crippen LogP) is 7.31. The molecule has 2 bridgehead atoms. The van der Waals surface area contributed by atoms with Crippen LogP contribution >= 0.6 is 0 Å². The summed E-state index contributed by atoms with van der Waals surface area (Å²) in [5.41, 5.74) is 15.3. The van der Waals surface area contributed by atoms with E-state index in [1.165, 1.54) is 12.5 Å². The number of unbranched alkanes of at least 4 members (excludes halogenated alkanes) is 3. The van der Waals surface area contributed by atoms with E-state index in [2.05, 4.69) is 67.9 Å². The number of carbonyl (C=O) groups excluding carboxylic acids is 6. The van der Waals surface area contributed by atoms with Gasteiger partial charge in [-0.25, -0.2) is 0 Å². The summed E-state index contributed by atoms with van der Waals surface area (Å²) in [4.78, 5) is 80.3. The van der Waals surface area contributed by atoms with Crippen LogP contribution in [0.5, 0.6) is 0 Å². The molecule has 0 aromatic heterocycles. The van der Waals surface area contributed by atoms with Crippen LogP contribution in [0.1, 0.15) is 154 Å². The summed E-state index contributed by atoms with van der Waals surface area (Å²) in [7, 11) is -0.518. The Bertz CT molecular complexity index is 1990. The maximum Gasteiger partial charge on any atom is 0.461 e. The molecule has 3 saturated carbocycles. The Morgan fingerprint density at radius 2 is 1.36 bits per heavy atom. The quantitative estimate of drug-likeness (QED) is 0.0406. The molecule has 1 heterocycles. The van der Waals surface area contributed by atoms with Crippen molar-refractivity contribution in [3.05, 3.63) is 59.7 Å². The molecule has 14 heteroatoms. The van der Waals surface area contributed by atoms with Crippen molar-refractivity contribution >= 4 is 42.2 Å². The van der Waals surface area contributed by atoms with Gasteiger partial charge < -0.3 is 41.5 Å². The number of benzene rings is 2. The first-order valence-electron chi connectivity index (χ1n) is 25.3. The number of nitrogens with two attached hydrogens (primary N) is 2. The number of Topliss-reactive ketones (excluding diaryl/α,β-unsaturated/α-hetero) is 3. The SMILES string of the molecule is CCCCc1ccc(-c2ccc(C(=O)NCCCC[C@H](NC(=O)[C@H](CCN)CC(C)=O)C(=O)C[C@@H](C)C(=O)N[C@@H](CCCCN)C(=O)C[C@@H](C)B3OC4C[C@@H]5C[C@@H](C5(C)C)[C@]4(C)O3)cc2)cc1. The van der Waals surface area contributed by atoms with Gasteiger partial charge in [-0.3, -0.25) is 24.0 Å². The molecule has 3 aliphatic carbocycles. The average Bonchev–Trinajstić information content (AvgIpc) is 3.67. The molecule has 0 radical (unpaired) electrons. The highest BCUT2D eigenvalue weighted by molar-refractivity contribution is 6.47. The van der Waals surface area contributed by atoms with E-state index in [-0.39, 0.29) is 79.2 Å². The zero-order chi connectivity index (χ0) is 48.9. The average molecular weight is 926 g/mol. The minimum atomic E-state index is -0.935. The minimum Gasteiger partial charge on any atom is -0.405 e. The van der Waals surface area contributed by atoms with Gasteiger partial charge in [0.05, 0.1) is 23.8 Å². The highest BCUT2D eigenvalue weighted by Gasteiger charge is 2.68. The molecule has 13 nitrogen and oxygen atoms in total. The topological polar surface area (TPSA) is 209 Å². The third-order valence-corrected chi connectivity index (χ3v) is 15.1. The van der Waals surface area contributed by atoms with Gasteiger partial charge in [0, 0.05) is 43.2 Å². The van der Waals surface area contributed by atoms with Crippen molar-refractivity contribution < 1.29 is 38.1 Å². The molecular weight excluding hydrogens is 845 g/mol. The van der Waals surface area contributed by atoms with Gasteiger partial charge in [0.25, 0.3) is 5.91 Å². The monoisotopic (exact) mass is 926 g/mol. The lowest BCUT2D eigenvalue weighted by Crippen LogP contribution is -2.65. The molecule has 4 aliphatic rings. The summed E-state index contributed by atoms with van der Waals surface area (Å²) in [6, 6.07) is 14.3. The van der Waals surface area contributed by atoms with Gasteiger partial charge in [-0.2, -0.15) is 0 Å². The third kappa shape index (κ3) is 14.2. The van der Waals surface area contributed by atoms with Crippen LogP contribution in [0.15, 0.2) is 48.5 Å². The molecular formula is C53H80BN5O8. The van der Waals surface area contributed by atoms with Crippen molar-refractivity contribution in [2.75, 3.05) is 19.6 Å². The van der Waals surface area contributed by atoms with E-state index in [0.29, 0.717) is 62.6 Å². The summed E-state index contributed by atoms with van der Waals surface area (Å²) in [5.74, 6) is -2.43. The molecule has 1 aliphatic heterocycles. The number of carbonyl (C=O) groups is 6. The number of amides is 3. The molecule has 4 fully saturated rings. The van der Waals surface area contributed by atoms with E-state index < -0.39 is 48.5 Å². The lowest BCUT2D eigenvalue weighted by Gasteiger charge is -2.64. The van der Waals surface area contributed by atoms with Crippen molar-refractivity contribution in [2.24, 2.45) is 40.6 Å². The third-order valence-electron chi connectivity index (χ3n) is 15.1. The van der Waals surface area contributed by atoms with Crippen LogP contribution in [0.25, 0.3) is 11.1 Å². The van der Waals surface area contributed by atoms with E-state index in [0.717, 1.165) is 43.2 Å². The van der Waals surface area contributed by atoms with Gasteiger partial charge in [-0.1, -0.05) is 77.4 Å². The van der Waals surface area contributed by atoms with E-state index in [4.69, 9.17) is 20.8 Å². The summed E-state index contributed by atoms with van der Waals surface area (Å²) in [6.07, 6.45) is 8.74. The summed E-state index contributed by atoms with van der Waals surface area (Å²) in [6.45, 7) is 15.0. The minimum absolute atomic E-state index is 0.00111. The van der Waals surface area contributed by atoms with Crippen LogP contribution in [0.2, 0.25) is 5.82 Å². The Hall–Kier alpha value is -4.24. The van der Waals surface area contributed by atoms with E-state index in [9.17, 15) is 28.8 Å². The molecule has 2 aromatic rings. The smallest absolute Gasteiger partial charge is 0.405 e. The van der Waals surface area contributed by atoms with Crippen molar-refractivity contribution in [1.82, 2.24) is 16.0 Å². The van der Waals surface area contributed by atoms with Crippen LogP contribution in [-0.2, 0) is 39.7 Å². The molecule has 7 N–H and O–H groups in total. The van der Waals surface area contributed by atoms with Crippen LogP contribution in [-0.4, -0.2) is 85.6 Å². The molecule has 368 valence electrons. The number of hydrogen-bond donors (Lipinski definition) is 5. The zero-order valence-corrected chi connectivity index (χ0v) is 41.5. The van der Waals surface area contributed by atoms with Gasteiger partial charge in [-0.05, 0) is 149 Å². The second kappa shape index (κ2) is 24.9. The molecule has 1 unspecified atom stereocenters. The number of aryl methyl sites for hydroxylation is 1. The largest absolute Gasteiger partial charge is 0.461 e. The first-order chi connectivity index (χ1) is 31.9. The van der Waals surface area contributed by atoms with Gasteiger partial charge in [-0.15, -0.1) is 0 Å². The Morgan fingerprint density at radius 3 is 1.96 bits per heavy atom. The molecule has 0 spiro atoms. The molecule has 2 aromatic carbocycles. The first-order valence-corrected chi connectivity index (χ1v) is 25.3. The molecule has 9 atom stereocenters. The maximum atomic E-state index is 14.0. The normalized spacial score (nSPS) is 22.6. The van der Waals surface area contributed by atoms with Gasteiger partial charge in [0.15, 0.2) is 11.6 Å². The van der Waals surface area contributed by atoms with E-state index in [1.807, 2.05) is 31.2 Å². The Morgan fingerprint density at radius 1 is 0.746 bits per heavy atom. The Labute approximate surface area is 400 Å². The van der Waals surface area contributed by atoms with Crippen molar-refractivity contribution in [3.63, 3.8) is 0 Å². The second-order valence-corrected chi connectivity index (χ2v) is 20.8. The lowest BCUT2D eigenvalue weighted by molar-refractivity contribution is -0.199. The fourth-order valence-corrected chi connectivity index (χ4v) is 10.7. The highest BCUT2D eigenvalue weighted by atomic mass is 16.7. The van der Waals surface area contributed by atoms with Crippen LogP contribution in [0.4, 0.5) is 0 Å². The number of nitrogens with one attached hydrogen (secondary N) is 3. The fraction of sp³-hybridized carbons (Fsp3) is 0.660. The first kappa shape index (κ1) is 53.7. The molecule has 1 saturated heterocycles. The van der Waals surface area contributed by atoms with E-state index in [1.54, 1.807) is 6.92 Å². The number of hydrogen-bond acceptors (Lipinski definition) is 10. The summed E-state index contributed by atoms with van der Waals surface area (Å²) < 4.78 is 13.1. The van der Waals surface area contributed by atoms with Gasteiger partial charge in [0.1, 0.15) is 5.78 Å². The Balaban J connectivity index is 1.15. The van der Waals surface area contributed by atoms with Crippen LogP contribution in [0.3, 0.4) is 0 Å².